The molecule has 4 aromatic carbocycles. The second-order valence-electron chi connectivity index (χ2n) is 15.9. The predicted molar refractivity (Wildman–Crippen MR) is 245 cm³/mol. The molecule has 0 unspecified atom stereocenters. The van der Waals surface area contributed by atoms with E-state index in [9.17, 15) is 5.53 Å². The third-order valence-electron chi connectivity index (χ3n) is 10.1. The SMILES string of the molecule is CCCCCCCCCCCC=CC1=C(c2ccc(CC[Si](C)(C)C)cc2)[N+](=[N-])C(c2cccc(CC)c2)=C1.[CH2-]Cc1ccccc1.[CH2-]Cc1ccccc1.[Ni+2]. The monoisotopic (exact) mass is 808 g/mol. The molecule has 0 N–H and O–H groups in total. The summed E-state index contributed by atoms with van der Waals surface area (Å²) >= 11 is 0. The molecule has 0 bridgehead atoms. The van der Waals surface area contributed by atoms with Gasteiger partial charge in [-0.1, -0.05) is 199 Å². The second kappa shape index (κ2) is 27.9. The molecule has 302 valence electrons. The Morgan fingerprint density at radius 2 is 1.14 bits per heavy atom. The van der Waals surface area contributed by atoms with E-state index >= 15 is 0 Å². The molecule has 1 aliphatic heterocycles. The van der Waals surface area contributed by atoms with Gasteiger partial charge in [0, 0.05) is 25.3 Å². The van der Waals surface area contributed by atoms with Gasteiger partial charge in [0.2, 0.25) is 11.4 Å². The van der Waals surface area contributed by atoms with Crippen molar-refractivity contribution in [1.82, 2.24) is 0 Å². The molecule has 1 heterocycles. The minimum absolute atomic E-state index is 0. The number of hydrogen-bond donors (Lipinski definition) is 0. The molecule has 4 heteroatoms. The van der Waals surface area contributed by atoms with E-state index in [1.807, 2.05) is 36.4 Å². The molecule has 0 aromatic heterocycles. The maximum absolute atomic E-state index is 11.4. The molecule has 0 radical (unpaired) electrons. The molecule has 5 rings (SSSR count). The van der Waals surface area contributed by atoms with Gasteiger partial charge in [-0.2, -0.15) is 12.8 Å². The van der Waals surface area contributed by atoms with E-state index in [4.69, 9.17) is 0 Å². The van der Waals surface area contributed by atoms with Crippen molar-refractivity contribution in [3.05, 3.63) is 186 Å². The number of benzene rings is 4. The van der Waals surface area contributed by atoms with Crippen molar-refractivity contribution in [2.45, 2.75) is 129 Å². The van der Waals surface area contributed by atoms with Crippen molar-refractivity contribution in [1.29, 1.82) is 0 Å². The fraction of sp³-hybridized carbons (Fsp3) is 0.385. The number of allylic oxidation sites excluding steroid dienone is 4. The van der Waals surface area contributed by atoms with Crippen LogP contribution in [0.3, 0.4) is 0 Å². The van der Waals surface area contributed by atoms with Crippen LogP contribution < -0.4 is 0 Å². The summed E-state index contributed by atoms with van der Waals surface area (Å²) in [6.45, 7) is 19.3. The first-order valence-electron chi connectivity index (χ1n) is 21.2. The number of rotatable bonds is 19. The Morgan fingerprint density at radius 3 is 1.64 bits per heavy atom. The van der Waals surface area contributed by atoms with Crippen LogP contribution in [-0.2, 0) is 42.2 Å². The molecule has 0 fully saturated rings. The van der Waals surface area contributed by atoms with Crippen LogP contribution in [0.4, 0.5) is 0 Å². The Kier molecular flexibility index (Phi) is 24.2. The average molecular weight is 810 g/mol. The Morgan fingerprint density at radius 1 is 0.607 bits per heavy atom. The second-order valence-corrected chi connectivity index (χ2v) is 21.6. The van der Waals surface area contributed by atoms with Crippen LogP contribution in [0, 0.1) is 13.8 Å². The van der Waals surface area contributed by atoms with Crippen LogP contribution in [-0.4, -0.2) is 12.8 Å². The Hall–Kier alpha value is -3.59. The molecule has 1 aliphatic rings. The van der Waals surface area contributed by atoms with Crippen LogP contribution in [0.1, 0.15) is 111 Å². The van der Waals surface area contributed by atoms with Gasteiger partial charge < -0.3 is 19.4 Å². The molecule has 56 heavy (non-hydrogen) atoms. The third kappa shape index (κ3) is 18.6. The first-order valence-corrected chi connectivity index (χ1v) is 24.9. The fourth-order valence-electron chi connectivity index (χ4n) is 6.51. The Labute approximate surface area is 354 Å². The van der Waals surface area contributed by atoms with Gasteiger partial charge in [-0.25, -0.2) is 4.70 Å². The van der Waals surface area contributed by atoms with Gasteiger partial charge in [-0.3, -0.25) is 0 Å². The summed E-state index contributed by atoms with van der Waals surface area (Å²) in [4.78, 5) is 0. The summed E-state index contributed by atoms with van der Waals surface area (Å²) in [6.07, 6.45) is 23.8. The van der Waals surface area contributed by atoms with Crippen molar-refractivity contribution in [3.8, 4) is 0 Å². The van der Waals surface area contributed by atoms with E-state index in [-0.39, 0.29) is 16.5 Å². The van der Waals surface area contributed by atoms with Crippen LogP contribution in [0.5, 0.6) is 0 Å². The van der Waals surface area contributed by atoms with E-state index in [0.717, 1.165) is 60.2 Å². The maximum Gasteiger partial charge on any atom is 2.00 e. The molecule has 0 amide bonds. The minimum Gasteiger partial charge on any atom is -0.493 e. The largest absolute Gasteiger partial charge is 2.00 e. The van der Waals surface area contributed by atoms with E-state index < -0.39 is 8.07 Å². The van der Waals surface area contributed by atoms with Gasteiger partial charge in [0.25, 0.3) is 0 Å². The summed E-state index contributed by atoms with van der Waals surface area (Å²) in [6, 6.07) is 39.1. The van der Waals surface area contributed by atoms with E-state index in [1.54, 1.807) is 0 Å². The summed E-state index contributed by atoms with van der Waals surface area (Å²) in [5.74, 6) is 0. The smallest absolute Gasteiger partial charge is 0.493 e. The van der Waals surface area contributed by atoms with Gasteiger partial charge >= 0.3 is 16.5 Å². The van der Waals surface area contributed by atoms with Crippen LogP contribution in [0.25, 0.3) is 16.9 Å². The van der Waals surface area contributed by atoms with Gasteiger partial charge in [0.1, 0.15) is 0 Å². The van der Waals surface area contributed by atoms with E-state index in [1.165, 1.54) is 90.8 Å². The molecule has 0 atom stereocenters. The quantitative estimate of drug-likeness (QED) is 0.0390. The molecule has 4 aromatic rings. The van der Waals surface area contributed by atoms with Crippen molar-refractivity contribution in [3.63, 3.8) is 0 Å². The van der Waals surface area contributed by atoms with E-state index in [0.29, 0.717) is 0 Å². The van der Waals surface area contributed by atoms with Crippen molar-refractivity contribution in [2.24, 2.45) is 0 Å². The average Bonchev–Trinajstić information content (AvgIpc) is 3.55. The standard InChI is InChI=1S/C36H52N2Si.2C8H9.Ni/c1-6-8-9-10-11-12-13-14-15-16-17-20-34-29-35(33-21-18-19-30(7-2)28-33)38(37)36(34)32-24-22-31(23-25-32)26-27-39(3,4)5;2*1-2-8-6-4-3-5-7-8;/h17-25,28-29H,6-16,26-27H2,1-5H3;2*3-7H,1-2H2;/q;2*-1;+2. The van der Waals surface area contributed by atoms with Gasteiger partial charge in [-0.15, -0.1) is 0 Å². The van der Waals surface area contributed by atoms with Crippen LogP contribution >= 0.6 is 0 Å². The normalized spacial score (nSPS) is 12.4. The van der Waals surface area contributed by atoms with Gasteiger partial charge in [0.05, 0.1) is 5.57 Å². The first kappa shape index (κ1) is 48.6. The van der Waals surface area contributed by atoms with Crippen molar-refractivity contribution >= 4 is 19.5 Å². The zero-order valence-corrected chi connectivity index (χ0v) is 37.3. The predicted octanol–water partition coefficient (Wildman–Crippen LogP) is 15.5. The summed E-state index contributed by atoms with van der Waals surface area (Å²) in [5, 5.41) is 0. The molecular weight excluding hydrogens is 739 g/mol. The topological polar surface area (TPSA) is 25.3 Å². The zero-order chi connectivity index (χ0) is 39.7. The molecule has 0 spiro atoms. The number of aryl methyl sites for hydroxylation is 2. The summed E-state index contributed by atoms with van der Waals surface area (Å²) in [7, 11) is -1.07. The number of nitrogens with zero attached hydrogens (tertiary/aromatic N) is 2. The van der Waals surface area contributed by atoms with Crippen molar-refractivity contribution in [2.75, 3.05) is 0 Å². The Bertz CT molecular complexity index is 1710. The molecule has 0 saturated carbocycles. The van der Waals surface area contributed by atoms with Crippen LogP contribution in [0.2, 0.25) is 25.7 Å². The molecular formula is C52H70N2NiSi. The van der Waals surface area contributed by atoms with Gasteiger partial charge in [-0.05, 0) is 61.1 Å². The first-order chi connectivity index (χ1) is 26.7. The minimum atomic E-state index is -1.07. The number of unbranched alkanes of at least 4 members (excludes halogenated alkanes) is 9. The number of hydrogen-bond acceptors (Lipinski definition) is 0. The van der Waals surface area contributed by atoms with E-state index in [2.05, 4.69) is 138 Å². The van der Waals surface area contributed by atoms with Gasteiger partial charge in [0.15, 0.2) is 0 Å². The third-order valence-corrected chi connectivity index (χ3v) is 11.8. The summed E-state index contributed by atoms with van der Waals surface area (Å²) in [5.41, 5.74) is 21.6. The van der Waals surface area contributed by atoms with Crippen molar-refractivity contribution < 1.29 is 21.2 Å². The molecule has 0 aliphatic carbocycles. The fourth-order valence-corrected chi connectivity index (χ4v) is 7.55. The molecule has 2 nitrogen and oxygen atoms in total. The Balaban J connectivity index is 0.000000522. The maximum atomic E-state index is 11.4. The van der Waals surface area contributed by atoms with Crippen LogP contribution in [0.15, 0.2) is 133 Å². The summed E-state index contributed by atoms with van der Waals surface area (Å²) < 4.78 is 1.41. The zero-order valence-electron chi connectivity index (χ0n) is 35.4. The molecule has 0 saturated heterocycles.